The van der Waals surface area contributed by atoms with E-state index in [1.807, 2.05) is 14.0 Å². The van der Waals surface area contributed by atoms with Gasteiger partial charge in [0.05, 0.1) is 12.1 Å². The van der Waals surface area contributed by atoms with Crippen LogP contribution in [0.1, 0.15) is 57.8 Å². The zero-order valence-corrected chi connectivity index (χ0v) is 14.4. The van der Waals surface area contributed by atoms with Gasteiger partial charge in [-0.15, -0.1) is 0 Å². The number of aliphatic hydroxyl groups is 1. The number of aliphatic hydroxyl groups excluding tert-OH is 1. The average Bonchev–Trinajstić information content (AvgIpc) is 2.40. The molecule has 0 aliphatic heterocycles. The lowest BCUT2D eigenvalue weighted by molar-refractivity contribution is 0.106. The summed E-state index contributed by atoms with van der Waals surface area (Å²) in [5, 5.41) is 10.8. The monoisotopic (exact) mass is 311 g/mol. The Morgan fingerprint density at radius 3 is 2.38 bits per heavy atom. The third-order valence-corrected chi connectivity index (χ3v) is 4.63. The smallest absolute Gasteiger partial charge is 0.137 e. The second-order valence-corrected chi connectivity index (χ2v) is 7.42. The Bertz CT molecular complexity index is 513. The number of likely N-dealkylation sites (N-methyl/N-ethyl adjacent to an activating group) is 1. The van der Waals surface area contributed by atoms with Crippen molar-refractivity contribution < 1.29 is 5.11 Å². The summed E-state index contributed by atoms with van der Waals surface area (Å²) in [5.41, 5.74) is 0.725. The standard InChI is InChI=1S/C16H26ClN3O/c1-10-13(17)18-15(16(2,3)4)19-14(10)20(5)11-8-6-7-9-12(11)21/h11-12,21H,6-9H2,1-5H3. The number of rotatable bonds is 2. The van der Waals surface area contributed by atoms with Gasteiger partial charge in [-0.25, -0.2) is 9.97 Å². The van der Waals surface area contributed by atoms with Crippen LogP contribution in [-0.4, -0.2) is 34.3 Å². The van der Waals surface area contributed by atoms with E-state index >= 15 is 0 Å². The Labute approximate surface area is 132 Å². The van der Waals surface area contributed by atoms with E-state index in [0.29, 0.717) is 5.15 Å². The first-order valence-electron chi connectivity index (χ1n) is 7.67. The zero-order valence-electron chi connectivity index (χ0n) is 13.6. The van der Waals surface area contributed by atoms with Gasteiger partial charge in [-0.3, -0.25) is 0 Å². The van der Waals surface area contributed by atoms with Crippen LogP contribution in [0.15, 0.2) is 0 Å². The van der Waals surface area contributed by atoms with Crippen LogP contribution in [0, 0.1) is 6.92 Å². The molecule has 21 heavy (non-hydrogen) atoms. The molecule has 2 atom stereocenters. The summed E-state index contributed by atoms with van der Waals surface area (Å²) in [4.78, 5) is 11.2. The Kier molecular flexibility index (Phi) is 4.79. The minimum absolute atomic E-state index is 0.108. The molecule has 2 rings (SSSR count). The molecule has 1 aromatic heterocycles. The quantitative estimate of drug-likeness (QED) is 0.850. The van der Waals surface area contributed by atoms with Gasteiger partial charge >= 0.3 is 0 Å². The molecule has 1 saturated carbocycles. The van der Waals surface area contributed by atoms with Crippen LogP contribution in [0.25, 0.3) is 0 Å². The normalized spacial score (nSPS) is 23.2. The van der Waals surface area contributed by atoms with E-state index in [0.717, 1.165) is 42.9 Å². The molecule has 0 bridgehead atoms. The van der Waals surface area contributed by atoms with E-state index in [2.05, 4.69) is 30.7 Å². The lowest BCUT2D eigenvalue weighted by Gasteiger charge is -2.37. The summed E-state index contributed by atoms with van der Waals surface area (Å²) in [6, 6.07) is 0.108. The average molecular weight is 312 g/mol. The fourth-order valence-electron chi connectivity index (χ4n) is 2.86. The van der Waals surface area contributed by atoms with Crippen molar-refractivity contribution in [2.75, 3.05) is 11.9 Å². The molecule has 1 aliphatic carbocycles. The highest BCUT2D eigenvalue weighted by molar-refractivity contribution is 6.30. The van der Waals surface area contributed by atoms with Crippen LogP contribution in [-0.2, 0) is 5.41 Å². The number of hydrogen-bond acceptors (Lipinski definition) is 4. The van der Waals surface area contributed by atoms with Gasteiger partial charge in [0.2, 0.25) is 0 Å². The minimum atomic E-state index is -0.296. The second kappa shape index (κ2) is 6.09. The molecule has 0 aromatic carbocycles. The molecule has 1 N–H and O–H groups in total. The van der Waals surface area contributed by atoms with Crippen LogP contribution in [0.3, 0.4) is 0 Å². The SMILES string of the molecule is Cc1c(Cl)nc(C(C)(C)C)nc1N(C)C1CCCCC1O. The van der Waals surface area contributed by atoms with Crippen molar-refractivity contribution in [1.29, 1.82) is 0 Å². The molecular weight excluding hydrogens is 286 g/mol. The van der Waals surface area contributed by atoms with Gasteiger partial charge in [0.25, 0.3) is 0 Å². The Morgan fingerprint density at radius 2 is 1.81 bits per heavy atom. The molecule has 1 heterocycles. The summed E-state index contributed by atoms with van der Waals surface area (Å²) >= 11 is 6.30. The van der Waals surface area contributed by atoms with Crippen molar-refractivity contribution in [3.8, 4) is 0 Å². The molecule has 0 saturated heterocycles. The third-order valence-electron chi connectivity index (χ3n) is 4.26. The van der Waals surface area contributed by atoms with Gasteiger partial charge < -0.3 is 10.0 Å². The van der Waals surface area contributed by atoms with Crippen LogP contribution in [0.5, 0.6) is 0 Å². The second-order valence-electron chi connectivity index (χ2n) is 7.07. The maximum absolute atomic E-state index is 10.3. The summed E-state index contributed by atoms with van der Waals surface area (Å²) in [6.45, 7) is 8.17. The number of anilines is 1. The van der Waals surface area contributed by atoms with Gasteiger partial charge in [0.15, 0.2) is 0 Å². The highest BCUT2D eigenvalue weighted by atomic mass is 35.5. The largest absolute Gasteiger partial charge is 0.391 e. The molecule has 2 unspecified atom stereocenters. The van der Waals surface area contributed by atoms with E-state index in [-0.39, 0.29) is 17.6 Å². The molecule has 1 aromatic rings. The fraction of sp³-hybridized carbons (Fsp3) is 0.750. The summed E-state index contributed by atoms with van der Waals surface area (Å²) < 4.78 is 0. The number of aromatic nitrogens is 2. The summed E-state index contributed by atoms with van der Waals surface area (Å²) in [7, 11) is 2.00. The molecule has 5 heteroatoms. The van der Waals surface area contributed by atoms with Gasteiger partial charge in [-0.2, -0.15) is 0 Å². The predicted octanol–water partition coefficient (Wildman–Crippen LogP) is 3.48. The van der Waals surface area contributed by atoms with Crippen LogP contribution in [0.2, 0.25) is 5.15 Å². The first-order chi connectivity index (χ1) is 9.71. The highest BCUT2D eigenvalue weighted by Crippen LogP contribution is 2.31. The third kappa shape index (κ3) is 3.49. The fourth-order valence-corrected chi connectivity index (χ4v) is 3.02. The lowest BCUT2D eigenvalue weighted by Crippen LogP contribution is -2.44. The van der Waals surface area contributed by atoms with E-state index in [9.17, 15) is 5.11 Å². The van der Waals surface area contributed by atoms with Gasteiger partial charge in [-0.05, 0) is 19.8 Å². The van der Waals surface area contributed by atoms with Crippen molar-refractivity contribution in [2.24, 2.45) is 0 Å². The summed E-state index contributed by atoms with van der Waals surface area (Å²) in [6.07, 6.45) is 3.80. The number of hydrogen-bond donors (Lipinski definition) is 1. The topological polar surface area (TPSA) is 49.2 Å². The van der Waals surface area contributed by atoms with E-state index in [4.69, 9.17) is 16.6 Å². The number of nitrogens with zero attached hydrogens (tertiary/aromatic N) is 3. The lowest BCUT2D eigenvalue weighted by atomic mass is 9.91. The molecule has 118 valence electrons. The van der Waals surface area contributed by atoms with E-state index in [1.54, 1.807) is 0 Å². The van der Waals surface area contributed by atoms with Crippen molar-refractivity contribution in [3.63, 3.8) is 0 Å². The summed E-state index contributed by atoms with van der Waals surface area (Å²) in [5.74, 6) is 1.58. The number of halogens is 1. The van der Waals surface area contributed by atoms with Gasteiger partial charge in [0, 0.05) is 18.0 Å². The Morgan fingerprint density at radius 1 is 1.19 bits per heavy atom. The Balaban J connectivity index is 2.40. The van der Waals surface area contributed by atoms with Crippen LogP contribution >= 0.6 is 11.6 Å². The molecule has 4 nitrogen and oxygen atoms in total. The van der Waals surface area contributed by atoms with E-state index < -0.39 is 0 Å². The van der Waals surface area contributed by atoms with Gasteiger partial charge in [0.1, 0.15) is 16.8 Å². The molecule has 1 fully saturated rings. The molecular formula is C16H26ClN3O. The van der Waals surface area contributed by atoms with Crippen molar-refractivity contribution in [3.05, 3.63) is 16.5 Å². The van der Waals surface area contributed by atoms with E-state index in [1.165, 1.54) is 0 Å². The molecule has 1 aliphatic rings. The van der Waals surface area contributed by atoms with Crippen molar-refractivity contribution in [2.45, 2.75) is 70.9 Å². The van der Waals surface area contributed by atoms with Gasteiger partial charge in [-0.1, -0.05) is 45.2 Å². The van der Waals surface area contributed by atoms with Crippen molar-refractivity contribution in [1.82, 2.24) is 9.97 Å². The minimum Gasteiger partial charge on any atom is -0.391 e. The predicted molar refractivity (Wildman–Crippen MR) is 87.1 cm³/mol. The van der Waals surface area contributed by atoms with Crippen molar-refractivity contribution >= 4 is 17.4 Å². The Hall–Kier alpha value is -0.870. The first kappa shape index (κ1) is 16.5. The maximum Gasteiger partial charge on any atom is 0.137 e. The zero-order chi connectivity index (χ0) is 15.8. The van der Waals surface area contributed by atoms with Crippen LogP contribution in [0.4, 0.5) is 5.82 Å². The molecule has 0 radical (unpaired) electrons. The maximum atomic E-state index is 10.3. The molecule has 0 spiro atoms. The molecule has 0 amide bonds. The highest BCUT2D eigenvalue weighted by Gasteiger charge is 2.30. The first-order valence-corrected chi connectivity index (χ1v) is 8.05. The van der Waals surface area contributed by atoms with Crippen LogP contribution < -0.4 is 4.90 Å².